The second kappa shape index (κ2) is 3.64. The summed E-state index contributed by atoms with van der Waals surface area (Å²) in [5, 5.41) is 0. The number of hydrogen-bond donors (Lipinski definition) is 0. The third kappa shape index (κ3) is 1.22. The lowest BCUT2D eigenvalue weighted by atomic mass is 9.32. The molecule has 110 valence electrons. The lowest BCUT2D eigenvalue weighted by molar-refractivity contribution is -0.380. The van der Waals surface area contributed by atoms with E-state index >= 15 is 0 Å². The molecule has 3 saturated carbocycles. The first-order chi connectivity index (χ1) is 9.40. The van der Waals surface area contributed by atoms with Crippen molar-refractivity contribution in [2.45, 2.75) is 71.8 Å². The molecule has 0 radical (unpaired) electrons. The van der Waals surface area contributed by atoms with Crippen molar-refractivity contribution >= 4 is 0 Å². The van der Waals surface area contributed by atoms with E-state index in [-0.39, 0.29) is 5.60 Å². The van der Waals surface area contributed by atoms with Gasteiger partial charge in [-0.15, -0.1) is 5.92 Å². The minimum atomic E-state index is -0.0397. The highest BCUT2D eigenvalue weighted by Gasteiger charge is 2.78. The van der Waals surface area contributed by atoms with Crippen molar-refractivity contribution in [2.24, 2.45) is 28.1 Å². The van der Waals surface area contributed by atoms with Gasteiger partial charge in [0.15, 0.2) is 0 Å². The van der Waals surface area contributed by atoms with Gasteiger partial charge in [0.1, 0.15) is 5.60 Å². The lowest BCUT2D eigenvalue weighted by Gasteiger charge is -2.77. The standard InChI is InChI=1S/C19H28O/c1-5-8-19-12-15-17(4)10-6-9-16(2,3)14(17)7-11-18(15,19)13-20-19/h14-15H,6-7,9-13H2,1-4H3/t14-,15+,17-,18+,19-/m0/s1. The maximum Gasteiger partial charge on any atom is 0.137 e. The van der Waals surface area contributed by atoms with Crippen molar-refractivity contribution in [3.8, 4) is 11.8 Å². The summed E-state index contributed by atoms with van der Waals surface area (Å²) >= 11 is 0. The topological polar surface area (TPSA) is 9.23 Å². The summed E-state index contributed by atoms with van der Waals surface area (Å²) in [6.07, 6.45) is 8.23. The summed E-state index contributed by atoms with van der Waals surface area (Å²) in [5.41, 5.74) is 1.47. The van der Waals surface area contributed by atoms with Crippen LogP contribution in [0.25, 0.3) is 0 Å². The third-order valence-corrected chi connectivity index (χ3v) is 7.82. The van der Waals surface area contributed by atoms with Gasteiger partial charge >= 0.3 is 0 Å². The van der Waals surface area contributed by atoms with Crippen molar-refractivity contribution in [3.05, 3.63) is 0 Å². The molecular formula is C19H28O. The van der Waals surface area contributed by atoms with Crippen LogP contribution in [0, 0.1) is 39.9 Å². The summed E-state index contributed by atoms with van der Waals surface area (Å²) in [7, 11) is 0. The van der Waals surface area contributed by atoms with E-state index in [4.69, 9.17) is 4.74 Å². The zero-order valence-corrected chi connectivity index (χ0v) is 13.5. The van der Waals surface area contributed by atoms with E-state index in [1.165, 1.54) is 38.5 Å². The maximum atomic E-state index is 6.02. The van der Waals surface area contributed by atoms with Crippen LogP contribution in [0.4, 0.5) is 0 Å². The molecule has 0 aromatic rings. The van der Waals surface area contributed by atoms with E-state index < -0.39 is 0 Å². The van der Waals surface area contributed by atoms with Crippen LogP contribution in [0.5, 0.6) is 0 Å². The van der Waals surface area contributed by atoms with E-state index in [9.17, 15) is 0 Å². The van der Waals surface area contributed by atoms with Gasteiger partial charge in [0.25, 0.3) is 0 Å². The van der Waals surface area contributed by atoms with Gasteiger partial charge in [-0.1, -0.05) is 33.1 Å². The average molecular weight is 272 g/mol. The van der Waals surface area contributed by atoms with Gasteiger partial charge in [0.2, 0.25) is 0 Å². The minimum absolute atomic E-state index is 0.0397. The first-order valence-corrected chi connectivity index (χ1v) is 8.48. The number of ether oxygens (including phenoxy) is 1. The smallest absolute Gasteiger partial charge is 0.137 e. The zero-order chi connectivity index (χ0) is 14.2. The zero-order valence-electron chi connectivity index (χ0n) is 13.5. The Labute approximate surface area is 123 Å². The molecule has 0 amide bonds. The summed E-state index contributed by atoms with van der Waals surface area (Å²) in [6, 6.07) is 0. The number of rotatable bonds is 0. The van der Waals surface area contributed by atoms with Crippen molar-refractivity contribution in [2.75, 3.05) is 6.61 Å². The Balaban J connectivity index is 1.71. The second-order valence-electron chi connectivity index (χ2n) is 8.84. The Kier molecular flexibility index (Phi) is 2.40. The highest BCUT2D eigenvalue weighted by molar-refractivity contribution is 5.36. The van der Waals surface area contributed by atoms with Gasteiger partial charge in [-0.05, 0) is 61.7 Å². The van der Waals surface area contributed by atoms with Crippen molar-refractivity contribution in [1.82, 2.24) is 0 Å². The lowest BCUT2D eigenvalue weighted by Crippen LogP contribution is -2.80. The van der Waals surface area contributed by atoms with E-state index in [2.05, 4.69) is 32.6 Å². The minimum Gasteiger partial charge on any atom is -0.361 e. The quantitative estimate of drug-likeness (QED) is 0.593. The molecule has 1 heteroatoms. The largest absolute Gasteiger partial charge is 0.361 e. The molecule has 0 bridgehead atoms. The van der Waals surface area contributed by atoms with Gasteiger partial charge in [-0.3, -0.25) is 0 Å². The molecule has 1 saturated heterocycles. The normalized spacial score (nSPS) is 55.0. The molecule has 1 nitrogen and oxygen atoms in total. The maximum absolute atomic E-state index is 6.02. The molecular weight excluding hydrogens is 244 g/mol. The molecule has 4 aliphatic rings. The van der Waals surface area contributed by atoms with E-state index in [0.717, 1.165) is 18.4 Å². The van der Waals surface area contributed by atoms with Crippen molar-refractivity contribution < 1.29 is 4.74 Å². The SMILES string of the molecule is CC#C[C@]12C[C@@H]3[C@@]4(C)CCCC(C)(C)[C@@H]4CC[C@@]31CO2. The van der Waals surface area contributed by atoms with Crippen LogP contribution in [-0.2, 0) is 4.74 Å². The van der Waals surface area contributed by atoms with Crippen LogP contribution in [0.2, 0.25) is 0 Å². The number of fused-ring (bicyclic) bond motifs is 2. The Morgan fingerprint density at radius 2 is 1.85 bits per heavy atom. The molecule has 1 heterocycles. The molecule has 0 unspecified atom stereocenters. The summed E-state index contributed by atoms with van der Waals surface area (Å²) in [6.45, 7) is 10.6. The van der Waals surface area contributed by atoms with Crippen LogP contribution in [0.1, 0.15) is 66.2 Å². The summed E-state index contributed by atoms with van der Waals surface area (Å²) in [5.74, 6) is 8.37. The Morgan fingerprint density at radius 3 is 2.50 bits per heavy atom. The molecule has 0 N–H and O–H groups in total. The molecule has 1 aliphatic heterocycles. The summed E-state index contributed by atoms with van der Waals surface area (Å²) in [4.78, 5) is 0. The summed E-state index contributed by atoms with van der Waals surface area (Å²) < 4.78 is 6.02. The Bertz CT molecular complexity index is 510. The molecule has 5 atom stereocenters. The highest BCUT2D eigenvalue weighted by Crippen LogP contribution is 2.77. The monoisotopic (exact) mass is 272 g/mol. The molecule has 4 rings (SSSR count). The van der Waals surface area contributed by atoms with Crippen LogP contribution < -0.4 is 0 Å². The van der Waals surface area contributed by atoms with Gasteiger partial charge in [-0.25, -0.2) is 0 Å². The van der Waals surface area contributed by atoms with E-state index in [0.29, 0.717) is 16.2 Å². The van der Waals surface area contributed by atoms with Crippen LogP contribution in [0.15, 0.2) is 0 Å². The highest BCUT2D eigenvalue weighted by atomic mass is 16.5. The van der Waals surface area contributed by atoms with Gasteiger partial charge in [-0.2, -0.15) is 0 Å². The third-order valence-electron chi connectivity index (χ3n) is 7.82. The second-order valence-corrected chi connectivity index (χ2v) is 8.84. The Hall–Kier alpha value is -0.480. The van der Waals surface area contributed by atoms with Gasteiger partial charge in [0.05, 0.1) is 6.61 Å². The molecule has 20 heavy (non-hydrogen) atoms. The fourth-order valence-electron chi connectivity index (χ4n) is 6.86. The predicted octanol–water partition coefficient (Wildman–Crippen LogP) is 4.41. The average Bonchev–Trinajstić information content (AvgIpc) is 2.37. The van der Waals surface area contributed by atoms with E-state index in [1.807, 2.05) is 6.92 Å². The molecule has 0 aromatic carbocycles. The van der Waals surface area contributed by atoms with Gasteiger partial charge in [0, 0.05) is 5.41 Å². The van der Waals surface area contributed by atoms with Crippen molar-refractivity contribution in [1.29, 1.82) is 0 Å². The Morgan fingerprint density at radius 1 is 1.05 bits per heavy atom. The van der Waals surface area contributed by atoms with Crippen LogP contribution in [-0.4, -0.2) is 12.2 Å². The van der Waals surface area contributed by atoms with Crippen LogP contribution >= 0.6 is 0 Å². The molecule has 4 fully saturated rings. The first kappa shape index (κ1) is 13.2. The predicted molar refractivity (Wildman–Crippen MR) is 81.1 cm³/mol. The van der Waals surface area contributed by atoms with E-state index in [1.54, 1.807) is 0 Å². The fraction of sp³-hybridized carbons (Fsp3) is 0.895. The molecule has 3 aliphatic carbocycles. The first-order valence-electron chi connectivity index (χ1n) is 8.48. The fourth-order valence-corrected chi connectivity index (χ4v) is 6.86. The van der Waals surface area contributed by atoms with Gasteiger partial charge < -0.3 is 4.74 Å². The number of hydrogen-bond acceptors (Lipinski definition) is 1. The molecule has 0 aromatic heterocycles. The van der Waals surface area contributed by atoms with Crippen LogP contribution in [0.3, 0.4) is 0 Å². The molecule has 1 spiro atoms. The van der Waals surface area contributed by atoms with Crippen molar-refractivity contribution in [3.63, 3.8) is 0 Å².